The summed E-state index contributed by atoms with van der Waals surface area (Å²) in [5.41, 5.74) is 2.83. The second-order valence-electron chi connectivity index (χ2n) is 4.24. The van der Waals surface area contributed by atoms with Gasteiger partial charge in [-0.2, -0.15) is 4.98 Å². The molecule has 0 amide bonds. The van der Waals surface area contributed by atoms with Crippen LogP contribution in [0.3, 0.4) is 0 Å². The number of pyridine rings is 2. The molecular formula is C13H12FN5. The minimum atomic E-state index is -0.339. The Kier molecular flexibility index (Phi) is 2.83. The van der Waals surface area contributed by atoms with Gasteiger partial charge in [-0.3, -0.25) is 4.98 Å². The molecule has 0 saturated carbocycles. The first-order chi connectivity index (χ1) is 9.22. The molecule has 1 N–H and O–H groups in total. The monoisotopic (exact) mass is 257 g/mol. The third-order valence-corrected chi connectivity index (χ3v) is 2.87. The van der Waals surface area contributed by atoms with E-state index in [1.807, 2.05) is 19.2 Å². The molecule has 0 spiro atoms. The first-order valence-corrected chi connectivity index (χ1v) is 5.88. The van der Waals surface area contributed by atoms with Crippen LogP contribution in [0.1, 0.15) is 11.1 Å². The highest BCUT2D eigenvalue weighted by Crippen LogP contribution is 2.10. The van der Waals surface area contributed by atoms with Crippen molar-refractivity contribution in [3.05, 3.63) is 53.7 Å². The zero-order chi connectivity index (χ0) is 13.2. The number of fused-ring (bicyclic) bond motifs is 1. The number of aromatic nitrogens is 4. The zero-order valence-electron chi connectivity index (χ0n) is 10.3. The molecule has 0 aliphatic rings. The van der Waals surface area contributed by atoms with Crippen LogP contribution in [0.15, 0.2) is 36.8 Å². The van der Waals surface area contributed by atoms with E-state index in [1.165, 1.54) is 16.8 Å². The minimum Gasteiger partial charge on any atom is -0.349 e. The molecule has 0 fully saturated rings. The van der Waals surface area contributed by atoms with Gasteiger partial charge in [-0.1, -0.05) is 0 Å². The molecule has 6 heteroatoms. The molecule has 0 aromatic carbocycles. The fourth-order valence-electron chi connectivity index (χ4n) is 1.81. The summed E-state index contributed by atoms with van der Waals surface area (Å²) in [6.07, 6.45) is 4.85. The highest BCUT2D eigenvalue weighted by atomic mass is 19.1. The Morgan fingerprint density at radius 3 is 3.05 bits per heavy atom. The number of aryl methyl sites for hydroxylation is 1. The largest absolute Gasteiger partial charge is 0.349 e. The van der Waals surface area contributed by atoms with Crippen molar-refractivity contribution in [2.45, 2.75) is 13.5 Å². The highest BCUT2D eigenvalue weighted by molar-refractivity contribution is 5.43. The standard InChI is InChI=1S/C13H12FN5/c1-9-6-15-5-4-10(9)7-16-13-17-12-3-2-11(14)8-19(12)18-13/h2-6,8H,7H2,1H3,(H,16,18). The second kappa shape index (κ2) is 4.64. The molecule has 0 radical (unpaired) electrons. The molecule has 0 aliphatic heterocycles. The van der Waals surface area contributed by atoms with Crippen LogP contribution in [-0.2, 0) is 6.54 Å². The lowest BCUT2D eigenvalue weighted by molar-refractivity contribution is 0.615. The smallest absolute Gasteiger partial charge is 0.243 e. The third kappa shape index (κ3) is 2.37. The summed E-state index contributed by atoms with van der Waals surface area (Å²) in [6, 6.07) is 4.89. The van der Waals surface area contributed by atoms with Crippen molar-refractivity contribution >= 4 is 11.6 Å². The lowest BCUT2D eigenvalue weighted by Gasteiger charge is -2.04. The van der Waals surface area contributed by atoms with Crippen LogP contribution in [-0.4, -0.2) is 19.6 Å². The Bertz CT molecular complexity index is 722. The first-order valence-electron chi connectivity index (χ1n) is 5.88. The average molecular weight is 257 g/mol. The molecular weight excluding hydrogens is 245 g/mol. The van der Waals surface area contributed by atoms with E-state index in [1.54, 1.807) is 12.3 Å². The molecule has 3 aromatic heterocycles. The van der Waals surface area contributed by atoms with E-state index in [9.17, 15) is 4.39 Å². The van der Waals surface area contributed by atoms with Gasteiger partial charge in [0.05, 0.1) is 6.20 Å². The Hall–Kier alpha value is -2.50. The van der Waals surface area contributed by atoms with Crippen LogP contribution in [0.4, 0.5) is 10.3 Å². The lowest BCUT2D eigenvalue weighted by atomic mass is 10.1. The number of nitrogens with zero attached hydrogens (tertiary/aromatic N) is 4. The van der Waals surface area contributed by atoms with E-state index < -0.39 is 0 Å². The second-order valence-corrected chi connectivity index (χ2v) is 4.24. The number of hydrogen-bond donors (Lipinski definition) is 1. The maximum atomic E-state index is 13.0. The van der Waals surface area contributed by atoms with Crippen molar-refractivity contribution < 1.29 is 4.39 Å². The molecule has 3 aromatic rings. The topological polar surface area (TPSA) is 55.1 Å². The first kappa shape index (κ1) is 11.6. The summed E-state index contributed by atoms with van der Waals surface area (Å²) in [7, 11) is 0. The molecule has 3 rings (SSSR count). The average Bonchev–Trinajstić information content (AvgIpc) is 2.79. The molecule has 19 heavy (non-hydrogen) atoms. The molecule has 0 unspecified atom stereocenters. The van der Waals surface area contributed by atoms with Crippen molar-refractivity contribution in [2.75, 3.05) is 5.32 Å². The van der Waals surface area contributed by atoms with Gasteiger partial charge in [0, 0.05) is 18.9 Å². The Morgan fingerprint density at radius 2 is 2.21 bits per heavy atom. The van der Waals surface area contributed by atoms with Gasteiger partial charge in [-0.15, -0.1) is 5.10 Å². The maximum Gasteiger partial charge on any atom is 0.243 e. The van der Waals surface area contributed by atoms with Crippen molar-refractivity contribution in [1.29, 1.82) is 0 Å². The predicted molar refractivity (Wildman–Crippen MR) is 69.2 cm³/mol. The number of anilines is 1. The van der Waals surface area contributed by atoms with E-state index >= 15 is 0 Å². The van der Waals surface area contributed by atoms with Crippen LogP contribution < -0.4 is 5.32 Å². The molecule has 0 bridgehead atoms. The summed E-state index contributed by atoms with van der Waals surface area (Å²) in [5, 5.41) is 7.27. The molecule has 3 heterocycles. The molecule has 96 valence electrons. The van der Waals surface area contributed by atoms with Gasteiger partial charge >= 0.3 is 0 Å². The lowest BCUT2D eigenvalue weighted by Crippen LogP contribution is -2.03. The summed E-state index contributed by atoms with van der Waals surface area (Å²) in [5.74, 6) is 0.135. The van der Waals surface area contributed by atoms with Crippen molar-refractivity contribution in [3.8, 4) is 0 Å². The number of hydrogen-bond acceptors (Lipinski definition) is 4. The van der Waals surface area contributed by atoms with Gasteiger partial charge in [0.25, 0.3) is 0 Å². The minimum absolute atomic E-state index is 0.339. The number of nitrogens with one attached hydrogen (secondary N) is 1. The normalized spacial score (nSPS) is 10.8. The van der Waals surface area contributed by atoms with Crippen LogP contribution in [0, 0.1) is 12.7 Å². The van der Waals surface area contributed by atoms with Crippen molar-refractivity contribution in [1.82, 2.24) is 19.6 Å². The fourth-order valence-corrected chi connectivity index (χ4v) is 1.81. The van der Waals surface area contributed by atoms with Crippen LogP contribution in [0.5, 0.6) is 0 Å². The molecule has 0 atom stereocenters. The van der Waals surface area contributed by atoms with Gasteiger partial charge in [0.2, 0.25) is 5.95 Å². The van der Waals surface area contributed by atoms with E-state index in [0.29, 0.717) is 18.1 Å². The Morgan fingerprint density at radius 1 is 1.32 bits per heavy atom. The Labute approximate surface area is 109 Å². The maximum absolute atomic E-state index is 13.0. The predicted octanol–water partition coefficient (Wildman–Crippen LogP) is 2.18. The summed E-state index contributed by atoms with van der Waals surface area (Å²) < 4.78 is 14.4. The zero-order valence-corrected chi connectivity index (χ0v) is 10.3. The number of halogens is 1. The molecule has 5 nitrogen and oxygen atoms in total. The van der Waals surface area contributed by atoms with E-state index in [4.69, 9.17) is 0 Å². The van der Waals surface area contributed by atoms with Crippen molar-refractivity contribution in [2.24, 2.45) is 0 Å². The molecule has 0 aliphatic carbocycles. The van der Waals surface area contributed by atoms with Crippen molar-refractivity contribution in [3.63, 3.8) is 0 Å². The Balaban J connectivity index is 1.80. The summed E-state index contributed by atoms with van der Waals surface area (Å²) >= 11 is 0. The summed E-state index contributed by atoms with van der Waals surface area (Å²) in [6.45, 7) is 2.60. The number of rotatable bonds is 3. The van der Waals surface area contributed by atoms with Gasteiger partial charge in [0.1, 0.15) is 5.82 Å². The van der Waals surface area contributed by atoms with Crippen LogP contribution >= 0.6 is 0 Å². The van der Waals surface area contributed by atoms with E-state index in [0.717, 1.165) is 11.1 Å². The van der Waals surface area contributed by atoms with Crippen LogP contribution in [0.2, 0.25) is 0 Å². The van der Waals surface area contributed by atoms with E-state index in [-0.39, 0.29) is 5.82 Å². The summed E-state index contributed by atoms with van der Waals surface area (Å²) in [4.78, 5) is 8.30. The van der Waals surface area contributed by atoms with Crippen LogP contribution in [0.25, 0.3) is 5.65 Å². The van der Waals surface area contributed by atoms with Gasteiger partial charge in [-0.05, 0) is 36.2 Å². The highest BCUT2D eigenvalue weighted by Gasteiger charge is 2.04. The third-order valence-electron chi connectivity index (χ3n) is 2.87. The van der Waals surface area contributed by atoms with E-state index in [2.05, 4.69) is 20.4 Å². The SMILES string of the molecule is Cc1cnccc1CNc1nc2ccc(F)cn2n1. The molecule has 0 saturated heterocycles. The fraction of sp³-hybridized carbons (Fsp3) is 0.154. The van der Waals surface area contributed by atoms with Gasteiger partial charge < -0.3 is 5.32 Å². The van der Waals surface area contributed by atoms with Gasteiger partial charge in [0.15, 0.2) is 5.65 Å². The quantitative estimate of drug-likeness (QED) is 0.781. The van der Waals surface area contributed by atoms with Gasteiger partial charge in [-0.25, -0.2) is 8.91 Å².